The molecule has 0 fully saturated rings. The van der Waals surface area contributed by atoms with Crippen LogP contribution in [0.15, 0.2) is 60.7 Å². The zero-order chi connectivity index (χ0) is 14.8. The Kier molecular flexibility index (Phi) is 6.54. The molecule has 2 aromatic rings. The summed E-state index contributed by atoms with van der Waals surface area (Å²) in [6.07, 6.45) is 0. The van der Waals surface area contributed by atoms with Gasteiger partial charge in [0, 0.05) is 5.56 Å². The summed E-state index contributed by atoms with van der Waals surface area (Å²) in [7, 11) is 0. The highest BCUT2D eigenvalue weighted by Crippen LogP contribution is 2.00. The summed E-state index contributed by atoms with van der Waals surface area (Å²) in [6, 6.07) is 17.7. The molecule has 0 saturated carbocycles. The Bertz CT molecular complexity index is 538. The van der Waals surface area contributed by atoms with Gasteiger partial charge in [-0.15, -0.1) is 0 Å². The van der Waals surface area contributed by atoms with Crippen LogP contribution in [0.5, 0.6) is 0 Å². The molecule has 0 aliphatic carbocycles. The van der Waals surface area contributed by atoms with Crippen molar-refractivity contribution in [1.29, 1.82) is 5.41 Å². The van der Waals surface area contributed by atoms with Crippen molar-refractivity contribution in [3.63, 3.8) is 0 Å². The second-order valence-corrected chi connectivity index (χ2v) is 3.80. The van der Waals surface area contributed by atoms with E-state index in [0.717, 1.165) is 5.56 Å². The Morgan fingerprint density at radius 1 is 1.00 bits per heavy atom. The van der Waals surface area contributed by atoms with Crippen LogP contribution in [0.2, 0.25) is 0 Å². The first-order valence-electron chi connectivity index (χ1n) is 6.20. The molecule has 0 aromatic heterocycles. The lowest BCUT2D eigenvalue weighted by Crippen LogP contribution is -2.03. The monoisotopic (exact) mass is 271 g/mol. The van der Waals surface area contributed by atoms with Crippen LogP contribution in [0.1, 0.15) is 22.8 Å². The Hall–Kier alpha value is -2.62. The highest BCUT2D eigenvalue weighted by molar-refractivity contribution is 5.91. The maximum atomic E-state index is 10.2. The minimum atomic E-state index is -0.879. The van der Waals surface area contributed by atoms with E-state index in [1.54, 1.807) is 30.3 Å². The van der Waals surface area contributed by atoms with Gasteiger partial charge in [0.2, 0.25) is 5.90 Å². The summed E-state index contributed by atoms with van der Waals surface area (Å²) in [4.78, 5) is 10.2. The van der Waals surface area contributed by atoms with E-state index in [0.29, 0.717) is 12.2 Å². The van der Waals surface area contributed by atoms with Gasteiger partial charge < -0.3 is 9.84 Å². The molecule has 20 heavy (non-hydrogen) atoms. The predicted octanol–water partition coefficient (Wildman–Crippen LogP) is 3.43. The maximum absolute atomic E-state index is 10.2. The molecular weight excluding hydrogens is 254 g/mol. The molecular formula is C16H17NO3. The number of carbonyl (C=O) groups is 1. The second-order valence-electron chi connectivity index (χ2n) is 3.80. The molecule has 4 nitrogen and oxygen atoms in total. The van der Waals surface area contributed by atoms with Crippen LogP contribution < -0.4 is 0 Å². The van der Waals surface area contributed by atoms with E-state index in [1.165, 1.54) is 0 Å². The minimum Gasteiger partial charge on any atom is -0.478 e. The fraction of sp³-hybridized carbons (Fsp3) is 0.125. The van der Waals surface area contributed by atoms with Crippen LogP contribution in [0.3, 0.4) is 0 Å². The topological polar surface area (TPSA) is 70.4 Å². The zero-order valence-electron chi connectivity index (χ0n) is 11.2. The van der Waals surface area contributed by atoms with Crippen molar-refractivity contribution < 1.29 is 14.6 Å². The third kappa shape index (κ3) is 5.35. The molecule has 2 aromatic carbocycles. The SMILES string of the molecule is CCOC(=N)c1ccccc1.O=C(O)c1ccccc1. The van der Waals surface area contributed by atoms with Crippen LogP contribution in [-0.2, 0) is 4.74 Å². The van der Waals surface area contributed by atoms with E-state index in [9.17, 15) is 4.79 Å². The standard InChI is InChI=1S/C9H11NO.C7H6O2/c1-2-11-9(10)8-6-4-3-5-7-8;8-7(9)6-4-2-1-3-5-6/h3-7,10H,2H2,1H3;1-5H,(H,8,9). The molecule has 0 atom stereocenters. The van der Waals surface area contributed by atoms with E-state index in [1.807, 2.05) is 37.3 Å². The second kappa shape index (κ2) is 8.48. The molecule has 0 radical (unpaired) electrons. The Labute approximate surface area is 118 Å². The molecule has 0 saturated heterocycles. The average Bonchev–Trinajstić information content (AvgIpc) is 2.50. The third-order valence-corrected chi connectivity index (χ3v) is 2.35. The number of rotatable bonds is 3. The molecule has 104 valence electrons. The fourth-order valence-electron chi connectivity index (χ4n) is 1.40. The van der Waals surface area contributed by atoms with Gasteiger partial charge in [0.05, 0.1) is 12.2 Å². The first kappa shape index (κ1) is 15.4. The highest BCUT2D eigenvalue weighted by atomic mass is 16.5. The van der Waals surface area contributed by atoms with Crippen LogP contribution in [0.25, 0.3) is 0 Å². The van der Waals surface area contributed by atoms with Crippen LogP contribution in [-0.4, -0.2) is 23.6 Å². The van der Waals surface area contributed by atoms with Gasteiger partial charge in [-0.1, -0.05) is 36.4 Å². The van der Waals surface area contributed by atoms with E-state index < -0.39 is 5.97 Å². The van der Waals surface area contributed by atoms with Gasteiger partial charge in [0.25, 0.3) is 0 Å². The Morgan fingerprint density at radius 3 is 1.80 bits per heavy atom. The third-order valence-electron chi connectivity index (χ3n) is 2.35. The molecule has 0 amide bonds. The molecule has 4 heteroatoms. The van der Waals surface area contributed by atoms with E-state index in [-0.39, 0.29) is 5.90 Å². The number of benzene rings is 2. The van der Waals surface area contributed by atoms with Crippen molar-refractivity contribution in [2.24, 2.45) is 0 Å². The summed E-state index contributed by atoms with van der Waals surface area (Å²) in [5.74, 6) is -0.635. The van der Waals surface area contributed by atoms with E-state index in [4.69, 9.17) is 15.3 Å². The summed E-state index contributed by atoms with van der Waals surface area (Å²) in [5.41, 5.74) is 1.16. The molecule has 2 rings (SSSR count). The first-order valence-corrected chi connectivity index (χ1v) is 6.20. The van der Waals surface area contributed by atoms with Crippen LogP contribution in [0, 0.1) is 5.41 Å². The van der Waals surface area contributed by atoms with Gasteiger partial charge in [-0.3, -0.25) is 5.41 Å². The quantitative estimate of drug-likeness (QED) is 0.663. The zero-order valence-corrected chi connectivity index (χ0v) is 11.2. The number of aromatic carboxylic acids is 1. The fourth-order valence-corrected chi connectivity index (χ4v) is 1.40. The maximum Gasteiger partial charge on any atom is 0.335 e. The average molecular weight is 271 g/mol. The Balaban J connectivity index is 0.000000204. The van der Waals surface area contributed by atoms with Gasteiger partial charge in [-0.25, -0.2) is 4.79 Å². The number of carboxylic acids is 1. The molecule has 0 aliphatic rings. The minimum absolute atomic E-state index is 0.244. The van der Waals surface area contributed by atoms with Crippen LogP contribution >= 0.6 is 0 Å². The van der Waals surface area contributed by atoms with Gasteiger partial charge in [0.15, 0.2) is 0 Å². The van der Waals surface area contributed by atoms with Crippen molar-refractivity contribution in [3.05, 3.63) is 71.8 Å². The number of carboxylic acid groups (broad SMARTS) is 1. The molecule has 0 spiro atoms. The summed E-state index contributed by atoms with van der Waals surface area (Å²) in [5, 5.41) is 15.8. The molecule has 0 unspecified atom stereocenters. The van der Waals surface area contributed by atoms with Gasteiger partial charge in [-0.05, 0) is 31.2 Å². The number of ether oxygens (including phenoxy) is 1. The lowest BCUT2D eigenvalue weighted by atomic mass is 10.2. The first-order chi connectivity index (χ1) is 9.65. The lowest BCUT2D eigenvalue weighted by Gasteiger charge is -2.02. The van der Waals surface area contributed by atoms with Crippen molar-refractivity contribution in [2.45, 2.75) is 6.92 Å². The number of hydrogen-bond donors (Lipinski definition) is 2. The predicted molar refractivity (Wildman–Crippen MR) is 78.3 cm³/mol. The normalized spacial score (nSPS) is 9.05. The van der Waals surface area contributed by atoms with E-state index >= 15 is 0 Å². The molecule has 0 bridgehead atoms. The van der Waals surface area contributed by atoms with Gasteiger partial charge in [0.1, 0.15) is 0 Å². The smallest absolute Gasteiger partial charge is 0.335 e. The molecule has 2 N–H and O–H groups in total. The van der Waals surface area contributed by atoms with E-state index in [2.05, 4.69) is 0 Å². The molecule has 0 aliphatic heterocycles. The van der Waals surface area contributed by atoms with Gasteiger partial charge in [-0.2, -0.15) is 0 Å². The molecule has 0 heterocycles. The van der Waals surface area contributed by atoms with Crippen molar-refractivity contribution in [3.8, 4) is 0 Å². The van der Waals surface area contributed by atoms with Crippen molar-refractivity contribution in [2.75, 3.05) is 6.61 Å². The Morgan fingerprint density at radius 2 is 1.45 bits per heavy atom. The highest BCUT2D eigenvalue weighted by Gasteiger charge is 1.98. The summed E-state index contributed by atoms with van der Waals surface area (Å²) >= 11 is 0. The summed E-state index contributed by atoms with van der Waals surface area (Å²) < 4.78 is 5.01. The number of nitrogens with one attached hydrogen (secondary N) is 1. The summed E-state index contributed by atoms with van der Waals surface area (Å²) in [6.45, 7) is 2.42. The van der Waals surface area contributed by atoms with Crippen molar-refractivity contribution in [1.82, 2.24) is 0 Å². The number of hydrogen-bond acceptors (Lipinski definition) is 3. The lowest BCUT2D eigenvalue weighted by molar-refractivity contribution is 0.0697. The largest absolute Gasteiger partial charge is 0.478 e. The van der Waals surface area contributed by atoms with Crippen molar-refractivity contribution >= 4 is 11.9 Å². The van der Waals surface area contributed by atoms with Crippen LogP contribution in [0.4, 0.5) is 0 Å². The van der Waals surface area contributed by atoms with Gasteiger partial charge >= 0.3 is 5.97 Å².